The molecule has 2 unspecified atom stereocenters. The zero-order valence-corrected chi connectivity index (χ0v) is 11.0. The minimum Gasteiger partial charge on any atom is -0.393 e. The molecular formula is C14H20ClNO. The third-order valence-corrected chi connectivity index (χ3v) is 3.87. The van der Waals surface area contributed by atoms with Crippen molar-refractivity contribution in [3.05, 3.63) is 34.9 Å². The first-order chi connectivity index (χ1) is 8.19. The van der Waals surface area contributed by atoms with Gasteiger partial charge in [-0.3, -0.25) is 4.90 Å². The van der Waals surface area contributed by atoms with E-state index in [9.17, 15) is 5.11 Å². The maximum absolute atomic E-state index is 9.85. The van der Waals surface area contributed by atoms with Crippen molar-refractivity contribution >= 4 is 11.6 Å². The molecule has 0 aromatic heterocycles. The van der Waals surface area contributed by atoms with E-state index in [1.54, 1.807) is 0 Å². The van der Waals surface area contributed by atoms with Crippen molar-refractivity contribution in [3.63, 3.8) is 0 Å². The summed E-state index contributed by atoms with van der Waals surface area (Å²) >= 11 is 5.87. The van der Waals surface area contributed by atoms with Crippen molar-refractivity contribution in [1.82, 2.24) is 4.90 Å². The maximum atomic E-state index is 9.85. The van der Waals surface area contributed by atoms with Gasteiger partial charge in [0.25, 0.3) is 0 Å². The van der Waals surface area contributed by atoms with Crippen molar-refractivity contribution in [2.75, 3.05) is 13.1 Å². The topological polar surface area (TPSA) is 23.5 Å². The van der Waals surface area contributed by atoms with E-state index in [1.165, 1.54) is 5.56 Å². The second-order valence-corrected chi connectivity index (χ2v) is 5.32. The molecule has 1 saturated heterocycles. The Hall–Kier alpha value is -0.570. The predicted octanol–water partition coefficient (Wildman–Crippen LogP) is 2.93. The lowest BCUT2D eigenvalue weighted by molar-refractivity contribution is 0.0222. The van der Waals surface area contributed by atoms with E-state index in [2.05, 4.69) is 24.0 Å². The Balaban J connectivity index is 1.93. The van der Waals surface area contributed by atoms with Gasteiger partial charge in [0.1, 0.15) is 0 Å². The highest BCUT2D eigenvalue weighted by Gasteiger charge is 2.25. The van der Waals surface area contributed by atoms with E-state index in [1.807, 2.05) is 12.1 Å². The molecule has 1 N–H and O–H groups in total. The van der Waals surface area contributed by atoms with Crippen LogP contribution in [0.3, 0.4) is 0 Å². The number of aliphatic hydroxyl groups is 1. The average molecular weight is 254 g/mol. The molecule has 1 aliphatic heterocycles. The number of piperidine rings is 1. The lowest BCUT2D eigenvalue weighted by Crippen LogP contribution is -2.42. The van der Waals surface area contributed by atoms with E-state index in [0.717, 1.165) is 37.5 Å². The molecular weight excluding hydrogens is 234 g/mol. The highest BCUT2D eigenvalue weighted by atomic mass is 35.5. The van der Waals surface area contributed by atoms with E-state index in [0.29, 0.717) is 5.92 Å². The Morgan fingerprint density at radius 2 is 2.06 bits per heavy atom. The van der Waals surface area contributed by atoms with Crippen LogP contribution in [0.2, 0.25) is 5.02 Å². The van der Waals surface area contributed by atoms with Gasteiger partial charge in [-0.05, 0) is 36.5 Å². The van der Waals surface area contributed by atoms with Crippen LogP contribution < -0.4 is 0 Å². The van der Waals surface area contributed by atoms with Gasteiger partial charge in [-0.1, -0.05) is 30.7 Å². The third kappa shape index (κ3) is 3.44. The molecule has 1 aliphatic rings. The van der Waals surface area contributed by atoms with Gasteiger partial charge in [0, 0.05) is 24.7 Å². The van der Waals surface area contributed by atoms with Gasteiger partial charge in [0.15, 0.2) is 0 Å². The first-order valence-corrected chi connectivity index (χ1v) is 6.71. The lowest BCUT2D eigenvalue weighted by Gasteiger charge is -2.35. The Kier molecular flexibility index (Phi) is 4.43. The summed E-state index contributed by atoms with van der Waals surface area (Å²) in [6.07, 6.45) is 1.84. The van der Waals surface area contributed by atoms with Gasteiger partial charge in [-0.2, -0.15) is 0 Å². The van der Waals surface area contributed by atoms with Gasteiger partial charge in [-0.15, -0.1) is 0 Å². The van der Waals surface area contributed by atoms with Gasteiger partial charge in [0.2, 0.25) is 0 Å². The molecule has 0 amide bonds. The Morgan fingerprint density at radius 3 is 2.71 bits per heavy atom. The highest BCUT2D eigenvalue weighted by Crippen LogP contribution is 2.22. The minimum atomic E-state index is -0.110. The maximum Gasteiger partial charge on any atom is 0.0592 e. The molecule has 0 aliphatic carbocycles. The summed E-state index contributed by atoms with van der Waals surface area (Å²) in [7, 11) is 0. The fourth-order valence-corrected chi connectivity index (χ4v) is 2.61. The highest BCUT2D eigenvalue weighted by molar-refractivity contribution is 6.30. The average Bonchev–Trinajstić information content (AvgIpc) is 2.34. The van der Waals surface area contributed by atoms with Gasteiger partial charge in [0.05, 0.1) is 6.10 Å². The molecule has 0 radical (unpaired) electrons. The summed E-state index contributed by atoms with van der Waals surface area (Å²) in [6.45, 7) is 5.10. The molecule has 94 valence electrons. The smallest absolute Gasteiger partial charge is 0.0592 e. The predicted molar refractivity (Wildman–Crippen MR) is 71.1 cm³/mol. The van der Waals surface area contributed by atoms with Crippen LogP contribution in [0, 0.1) is 5.92 Å². The summed E-state index contributed by atoms with van der Waals surface area (Å²) in [4.78, 5) is 2.42. The number of likely N-dealkylation sites (tertiary alicyclic amines) is 1. The summed E-state index contributed by atoms with van der Waals surface area (Å²) in [5.74, 6) is 0.427. The largest absolute Gasteiger partial charge is 0.393 e. The first-order valence-electron chi connectivity index (χ1n) is 6.34. The second kappa shape index (κ2) is 5.85. The molecule has 1 heterocycles. The van der Waals surface area contributed by atoms with Crippen LogP contribution in [0.4, 0.5) is 0 Å². The van der Waals surface area contributed by atoms with Crippen LogP contribution in [-0.4, -0.2) is 29.2 Å². The molecule has 3 heteroatoms. The quantitative estimate of drug-likeness (QED) is 0.895. The number of hydrogen-bond donors (Lipinski definition) is 1. The Bertz CT molecular complexity index is 352. The first kappa shape index (κ1) is 12.9. The number of rotatable bonds is 3. The monoisotopic (exact) mass is 253 g/mol. The van der Waals surface area contributed by atoms with Gasteiger partial charge < -0.3 is 5.11 Å². The van der Waals surface area contributed by atoms with Crippen molar-refractivity contribution in [1.29, 1.82) is 0 Å². The molecule has 17 heavy (non-hydrogen) atoms. The summed E-state index contributed by atoms with van der Waals surface area (Å²) in [5, 5.41) is 10.6. The van der Waals surface area contributed by atoms with Crippen molar-refractivity contribution in [2.24, 2.45) is 5.92 Å². The third-order valence-electron chi connectivity index (χ3n) is 3.62. The molecule has 1 aromatic rings. The van der Waals surface area contributed by atoms with Crippen LogP contribution in [0.15, 0.2) is 24.3 Å². The minimum absolute atomic E-state index is 0.110. The van der Waals surface area contributed by atoms with Crippen molar-refractivity contribution < 1.29 is 5.11 Å². The number of hydrogen-bond acceptors (Lipinski definition) is 2. The van der Waals surface area contributed by atoms with Crippen molar-refractivity contribution in [3.8, 4) is 0 Å². The van der Waals surface area contributed by atoms with E-state index >= 15 is 0 Å². The van der Waals surface area contributed by atoms with Crippen LogP contribution in [0.5, 0.6) is 0 Å². The zero-order valence-electron chi connectivity index (χ0n) is 10.3. The van der Waals surface area contributed by atoms with Gasteiger partial charge >= 0.3 is 0 Å². The van der Waals surface area contributed by atoms with Crippen LogP contribution in [0.1, 0.15) is 25.3 Å². The normalized spacial score (nSPS) is 26.1. The standard InChI is InChI=1S/C14H20ClNO/c1-2-12-10-16(8-7-14(12)17)9-11-3-5-13(15)6-4-11/h3-6,12,14,17H,2,7-10H2,1H3. The summed E-state index contributed by atoms with van der Waals surface area (Å²) < 4.78 is 0. The van der Waals surface area contributed by atoms with Gasteiger partial charge in [-0.25, -0.2) is 0 Å². The fourth-order valence-electron chi connectivity index (χ4n) is 2.49. The van der Waals surface area contributed by atoms with Crippen molar-refractivity contribution in [2.45, 2.75) is 32.4 Å². The van der Waals surface area contributed by atoms with E-state index < -0.39 is 0 Å². The second-order valence-electron chi connectivity index (χ2n) is 4.89. The molecule has 0 spiro atoms. The SMILES string of the molecule is CCC1CN(Cc2ccc(Cl)cc2)CCC1O. The fraction of sp³-hybridized carbons (Fsp3) is 0.571. The molecule has 0 saturated carbocycles. The summed E-state index contributed by atoms with van der Waals surface area (Å²) in [6, 6.07) is 8.03. The molecule has 2 rings (SSSR count). The van der Waals surface area contributed by atoms with Crippen LogP contribution >= 0.6 is 11.6 Å². The lowest BCUT2D eigenvalue weighted by atomic mass is 9.92. The molecule has 2 nitrogen and oxygen atoms in total. The molecule has 1 aromatic carbocycles. The van der Waals surface area contributed by atoms with Crippen LogP contribution in [0.25, 0.3) is 0 Å². The number of nitrogens with zero attached hydrogens (tertiary/aromatic N) is 1. The number of halogens is 1. The summed E-state index contributed by atoms with van der Waals surface area (Å²) in [5.41, 5.74) is 1.29. The van der Waals surface area contributed by atoms with E-state index in [-0.39, 0.29) is 6.10 Å². The Morgan fingerprint density at radius 1 is 1.35 bits per heavy atom. The molecule has 1 fully saturated rings. The van der Waals surface area contributed by atoms with Crippen LogP contribution in [-0.2, 0) is 6.54 Å². The molecule has 0 bridgehead atoms. The number of aliphatic hydroxyl groups excluding tert-OH is 1. The van der Waals surface area contributed by atoms with E-state index in [4.69, 9.17) is 11.6 Å². The molecule has 2 atom stereocenters. The Labute approximate surface area is 108 Å². The zero-order chi connectivity index (χ0) is 12.3. The number of benzene rings is 1.